The van der Waals surface area contributed by atoms with Crippen LogP contribution in [-0.2, 0) is 91.8 Å². The van der Waals surface area contributed by atoms with E-state index in [0.717, 1.165) is 39.4 Å². The van der Waals surface area contributed by atoms with E-state index in [1.54, 1.807) is 0 Å². The predicted octanol–water partition coefficient (Wildman–Crippen LogP) is 10.5. The molecule has 7 aromatic carbocycles. The smallest absolute Gasteiger partial charge is 0.303 e. The summed E-state index contributed by atoms with van der Waals surface area (Å²) < 4.78 is 68.0. The van der Waals surface area contributed by atoms with Gasteiger partial charge < -0.3 is 52.7 Å². The van der Waals surface area contributed by atoms with Crippen LogP contribution in [0.2, 0.25) is 0 Å². The zero-order valence-corrected chi connectivity index (χ0v) is 44.0. The Morgan fingerprint density at radius 1 is 0.463 bits per heavy atom. The van der Waals surface area contributed by atoms with Crippen molar-refractivity contribution in [1.29, 1.82) is 0 Å². The summed E-state index contributed by atoms with van der Waals surface area (Å²) in [6.45, 7) is 1.65. The number of non-ortho nitro benzene ring substituents is 1. The van der Waals surface area contributed by atoms with Crippen LogP contribution >= 0.6 is 0 Å². The molecule has 2 aliphatic heterocycles. The molecule has 18 heteroatoms. The number of nitrogens with one attached hydrogen (secondary N) is 1. The fraction of sp³-hybridized carbons (Fsp3) is 0.306. The van der Waals surface area contributed by atoms with Crippen molar-refractivity contribution in [3.8, 4) is 0 Å². The van der Waals surface area contributed by atoms with E-state index in [1.807, 2.05) is 182 Å². The molecule has 0 bridgehead atoms. The third-order valence-electron chi connectivity index (χ3n) is 13.4. The number of ether oxygens (including phenoxy) is 10. The fourth-order valence-corrected chi connectivity index (χ4v) is 9.55. The van der Waals surface area contributed by atoms with Crippen molar-refractivity contribution in [3.05, 3.63) is 254 Å². The highest BCUT2D eigenvalue weighted by molar-refractivity contribution is 5.66. The number of nitro groups is 2. The number of anilines is 1. The third-order valence-corrected chi connectivity index (χ3v) is 13.4. The first-order valence-corrected chi connectivity index (χ1v) is 26.3. The molecule has 10 atom stereocenters. The zero-order chi connectivity index (χ0) is 55.5. The van der Waals surface area contributed by atoms with Crippen molar-refractivity contribution in [2.75, 3.05) is 18.5 Å². The van der Waals surface area contributed by atoms with Crippen molar-refractivity contribution in [2.45, 2.75) is 108 Å². The Hall–Kier alpha value is -7.75. The third kappa shape index (κ3) is 16.0. The Labute approximate surface area is 463 Å². The van der Waals surface area contributed by atoms with E-state index in [1.165, 1.54) is 19.1 Å². The minimum absolute atomic E-state index is 0.00163. The summed E-state index contributed by atoms with van der Waals surface area (Å²) in [5, 5.41) is 28.1. The first-order chi connectivity index (χ1) is 39.1. The molecule has 0 amide bonds. The molecule has 1 N–H and O–H groups in total. The van der Waals surface area contributed by atoms with Crippen LogP contribution in [0.25, 0.3) is 0 Å². The number of hydrogen-bond donors (Lipinski definition) is 1. The van der Waals surface area contributed by atoms with E-state index in [0.29, 0.717) is 0 Å². The second-order valence-corrected chi connectivity index (χ2v) is 19.2. The van der Waals surface area contributed by atoms with E-state index in [4.69, 9.17) is 47.4 Å². The SMILES string of the molecule is CC(=O)O[C@@H]1[C@H](OCc2ccccc2)[C@@H](OCc2ccccc2)[C@H](O[C@H]2[C@H](OCc3ccccc3)[C@@H](Nc3ccc([N+](=O)[O-])cc3[N+](=O)[O-])[C@H](OCc3ccccc3)O[C@@H]2COCc2ccccc2)O[C@@H]1COCc1ccccc1. The lowest BCUT2D eigenvalue weighted by atomic mass is 9.94. The first kappa shape index (κ1) is 57.0. The molecule has 7 aromatic rings. The zero-order valence-electron chi connectivity index (χ0n) is 44.0. The average Bonchev–Trinajstić information content (AvgIpc) is 3.49. The number of nitro benzene ring substituents is 2. The van der Waals surface area contributed by atoms with Gasteiger partial charge in [-0.05, 0) is 39.4 Å². The summed E-state index contributed by atoms with van der Waals surface area (Å²) in [6.07, 6.45) is -10.4. The molecule has 0 aromatic heterocycles. The molecule has 0 radical (unpaired) electrons. The van der Waals surface area contributed by atoms with Gasteiger partial charge in [0.2, 0.25) is 0 Å². The van der Waals surface area contributed by atoms with Crippen LogP contribution in [0.4, 0.5) is 17.1 Å². The summed E-state index contributed by atoms with van der Waals surface area (Å²) in [4.78, 5) is 36.6. The van der Waals surface area contributed by atoms with Gasteiger partial charge in [0.05, 0.1) is 68.8 Å². The Bertz CT molecular complexity index is 3010. The van der Waals surface area contributed by atoms with Crippen molar-refractivity contribution < 1.29 is 62.0 Å². The molecule has 2 heterocycles. The number of esters is 1. The highest BCUT2D eigenvalue weighted by Crippen LogP contribution is 2.38. The van der Waals surface area contributed by atoms with Crippen LogP contribution in [-0.4, -0.2) is 90.4 Å². The summed E-state index contributed by atoms with van der Waals surface area (Å²) in [5.74, 6) is -0.595. The fourth-order valence-electron chi connectivity index (χ4n) is 9.55. The van der Waals surface area contributed by atoms with Gasteiger partial charge in [-0.3, -0.25) is 25.0 Å². The van der Waals surface area contributed by atoms with Crippen molar-refractivity contribution >= 4 is 23.0 Å². The summed E-state index contributed by atoms with van der Waals surface area (Å²) >= 11 is 0. The van der Waals surface area contributed by atoms with Gasteiger partial charge in [-0.25, -0.2) is 0 Å². The van der Waals surface area contributed by atoms with Crippen LogP contribution in [0.15, 0.2) is 200 Å². The van der Waals surface area contributed by atoms with Gasteiger partial charge in [-0.2, -0.15) is 0 Å². The van der Waals surface area contributed by atoms with E-state index >= 15 is 0 Å². The molecular weight excluding hydrogens is 1030 g/mol. The van der Waals surface area contributed by atoms with Crippen LogP contribution in [0.5, 0.6) is 0 Å². The predicted molar refractivity (Wildman–Crippen MR) is 293 cm³/mol. The van der Waals surface area contributed by atoms with Crippen LogP contribution in [0.1, 0.15) is 40.3 Å². The van der Waals surface area contributed by atoms with Gasteiger partial charge in [0, 0.05) is 13.0 Å². The Morgan fingerprint density at radius 2 is 0.863 bits per heavy atom. The van der Waals surface area contributed by atoms with E-state index < -0.39 is 88.5 Å². The molecule has 0 unspecified atom stereocenters. The minimum atomic E-state index is -1.37. The quantitative estimate of drug-likeness (QED) is 0.0289. The first-order valence-electron chi connectivity index (χ1n) is 26.3. The molecule has 80 heavy (non-hydrogen) atoms. The number of hydrogen-bond acceptors (Lipinski definition) is 16. The van der Waals surface area contributed by atoms with Crippen molar-refractivity contribution in [3.63, 3.8) is 0 Å². The number of carbonyl (C=O) groups is 1. The topological polar surface area (TPSA) is 208 Å². The van der Waals surface area contributed by atoms with E-state index in [2.05, 4.69) is 5.32 Å². The maximum atomic E-state index is 13.2. The molecule has 416 valence electrons. The Morgan fingerprint density at radius 3 is 1.30 bits per heavy atom. The maximum absolute atomic E-state index is 13.2. The second kappa shape index (κ2) is 28.9. The van der Waals surface area contributed by atoms with Gasteiger partial charge in [0.1, 0.15) is 48.4 Å². The molecule has 2 saturated heterocycles. The van der Waals surface area contributed by atoms with Crippen LogP contribution in [0.3, 0.4) is 0 Å². The van der Waals surface area contributed by atoms with Gasteiger partial charge in [-0.15, -0.1) is 0 Å². The second-order valence-electron chi connectivity index (χ2n) is 19.2. The molecule has 18 nitrogen and oxygen atoms in total. The molecular formula is C62H63N3O15. The highest BCUT2D eigenvalue weighted by Gasteiger charge is 2.55. The largest absolute Gasteiger partial charge is 0.457 e. The molecule has 0 spiro atoms. The Kier molecular flexibility index (Phi) is 20.6. The maximum Gasteiger partial charge on any atom is 0.303 e. The van der Waals surface area contributed by atoms with Gasteiger partial charge in [0.15, 0.2) is 18.7 Å². The molecule has 0 saturated carbocycles. The molecule has 2 fully saturated rings. The summed E-state index contributed by atoms with van der Waals surface area (Å²) in [5.41, 5.74) is 3.86. The number of carbonyl (C=O) groups excluding carboxylic acids is 1. The molecule has 0 aliphatic carbocycles. The average molecular weight is 1090 g/mol. The summed E-state index contributed by atoms with van der Waals surface area (Å²) in [6, 6.07) is 59.2. The summed E-state index contributed by atoms with van der Waals surface area (Å²) in [7, 11) is 0. The lowest BCUT2D eigenvalue weighted by Gasteiger charge is -2.50. The lowest BCUT2D eigenvalue weighted by molar-refractivity contribution is -0.393. The van der Waals surface area contributed by atoms with Crippen LogP contribution in [0, 0.1) is 20.2 Å². The van der Waals surface area contributed by atoms with E-state index in [-0.39, 0.29) is 58.5 Å². The number of benzene rings is 7. The highest BCUT2D eigenvalue weighted by atomic mass is 16.8. The van der Waals surface area contributed by atoms with Gasteiger partial charge in [0.25, 0.3) is 11.4 Å². The minimum Gasteiger partial charge on any atom is -0.457 e. The molecule has 2 aliphatic rings. The van der Waals surface area contributed by atoms with E-state index in [9.17, 15) is 25.0 Å². The lowest BCUT2D eigenvalue weighted by Crippen LogP contribution is -2.67. The standard InChI is InChI=1S/C62H63N3O15/c1-43(66)77-57-54(42-72-36-45-22-10-3-11-23-45)79-62(60(75-39-48-28-16-6-17-29-48)59(57)74-38-47-26-14-5-15-27-47)80-56-53(41-71-35-44-20-8-2-9-21-44)78-61(76-40-49-30-18-7-19-31-49)55(58(56)73-37-46-24-12-4-13-25-46)63-51-33-32-50(64(67)68)34-52(51)65(69)70/h2-34,53-63H,35-42H2,1H3/t53-,54-,55-,56-,57+,58-,59+,60-,61-,62+/m1/s1. The van der Waals surface area contributed by atoms with Gasteiger partial charge >= 0.3 is 5.97 Å². The monoisotopic (exact) mass is 1090 g/mol. The van der Waals surface area contributed by atoms with Crippen molar-refractivity contribution in [1.82, 2.24) is 0 Å². The van der Waals surface area contributed by atoms with Crippen LogP contribution < -0.4 is 5.32 Å². The van der Waals surface area contributed by atoms with Gasteiger partial charge in [-0.1, -0.05) is 182 Å². The number of rotatable bonds is 27. The Balaban J connectivity index is 1.16. The number of nitrogens with zero attached hydrogens (tertiary/aromatic N) is 2. The normalized spacial score (nSPS) is 22.7. The van der Waals surface area contributed by atoms with Crippen molar-refractivity contribution in [2.24, 2.45) is 0 Å². The molecule has 9 rings (SSSR count).